The van der Waals surface area contributed by atoms with Gasteiger partial charge in [0.15, 0.2) is 0 Å². The molecule has 3 rings (SSSR count). The number of aryl methyl sites for hydroxylation is 1. The van der Waals surface area contributed by atoms with Gasteiger partial charge in [-0.3, -0.25) is 0 Å². The highest BCUT2D eigenvalue weighted by molar-refractivity contribution is 7.10. The van der Waals surface area contributed by atoms with Gasteiger partial charge in [0.25, 0.3) is 0 Å². The predicted octanol–water partition coefficient (Wildman–Crippen LogP) is 4.27. The van der Waals surface area contributed by atoms with E-state index in [9.17, 15) is 0 Å². The Morgan fingerprint density at radius 1 is 1.16 bits per heavy atom. The largest absolute Gasteiger partial charge is 0.319 e. The zero-order valence-corrected chi connectivity index (χ0v) is 12.7. The highest BCUT2D eigenvalue weighted by atomic mass is 35.5. The van der Waals surface area contributed by atoms with Crippen LogP contribution >= 0.6 is 23.7 Å². The second-order valence-corrected chi connectivity index (χ2v) is 6.13. The monoisotopic (exact) mass is 294 g/mol. The van der Waals surface area contributed by atoms with Crippen molar-refractivity contribution in [2.24, 2.45) is 5.73 Å². The van der Waals surface area contributed by atoms with E-state index in [1.165, 1.54) is 24.0 Å². The molecule has 1 saturated carbocycles. The summed E-state index contributed by atoms with van der Waals surface area (Å²) in [5.74, 6) is 0. The Balaban J connectivity index is 0.00000133. The Kier molecular flexibility index (Phi) is 4.29. The number of hydrogen-bond acceptors (Lipinski definition) is 3. The van der Waals surface area contributed by atoms with E-state index in [1.54, 1.807) is 11.3 Å². The topological polar surface area (TPSA) is 38.9 Å². The molecule has 102 valence electrons. The van der Waals surface area contributed by atoms with E-state index >= 15 is 0 Å². The maximum Gasteiger partial charge on any atom is 0.113 e. The van der Waals surface area contributed by atoms with Crippen molar-refractivity contribution in [2.75, 3.05) is 0 Å². The molecule has 0 atom stereocenters. The molecule has 1 fully saturated rings. The minimum absolute atomic E-state index is 0. The van der Waals surface area contributed by atoms with Crippen LogP contribution in [0.3, 0.4) is 0 Å². The van der Waals surface area contributed by atoms with Crippen LogP contribution in [0.2, 0.25) is 0 Å². The van der Waals surface area contributed by atoms with Gasteiger partial charge in [-0.05, 0) is 19.8 Å². The quantitative estimate of drug-likeness (QED) is 0.898. The standard InChI is InChI=1S/C15H18N2S.ClH/c1-11-4-6-12(7-5-11)13-10-18-14(17-13)15(16)8-2-3-9-15;/h4-7,10H,2-3,8-9,16H2,1H3;1H. The number of benzene rings is 1. The van der Waals surface area contributed by atoms with Gasteiger partial charge in [-0.25, -0.2) is 4.98 Å². The maximum atomic E-state index is 6.44. The zero-order valence-electron chi connectivity index (χ0n) is 11.1. The van der Waals surface area contributed by atoms with Gasteiger partial charge in [0.2, 0.25) is 0 Å². The molecule has 1 aromatic heterocycles. The maximum absolute atomic E-state index is 6.44. The summed E-state index contributed by atoms with van der Waals surface area (Å²) in [6.45, 7) is 2.10. The Morgan fingerprint density at radius 2 is 1.79 bits per heavy atom. The summed E-state index contributed by atoms with van der Waals surface area (Å²) in [5.41, 5.74) is 9.81. The van der Waals surface area contributed by atoms with Gasteiger partial charge >= 0.3 is 0 Å². The number of nitrogens with two attached hydrogens (primary N) is 1. The molecule has 19 heavy (non-hydrogen) atoms. The molecule has 0 amide bonds. The molecule has 0 bridgehead atoms. The third-order valence-electron chi connectivity index (χ3n) is 3.77. The smallest absolute Gasteiger partial charge is 0.113 e. The number of aromatic nitrogens is 1. The number of halogens is 1. The molecule has 0 unspecified atom stereocenters. The second kappa shape index (κ2) is 5.61. The normalized spacial score (nSPS) is 17.2. The van der Waals surface area contributed by atoms with Crippen LogP contribution in [-0.4, -0.2) is 4.98 Å². The molecule has 0 spiro atoms. The Labute approximate surface area is 124 Å². The fourth-order valence-electron chi connectivity index (χ4n) is 2.58. The van der Waals surface area contributed by atoms with Crippen molar-refractivity contribution >= 4 is 23.7 Å². The fraction of sp³-hybridized carbons (Fsp3) is 0.400. The van der Waals surface area contributed by atoms with Crippen LogP contribution in [0.25, 0.3) is 11.3 Å². The second-order valence-electron chi connectivity index (χ2n) is 5.27. The number of hydrogen-bond donors (Lipinski definition) is 1. The van der Waals surface area contributed by atoms with Gasteiger partial charge in [-0.1, -0.05) is 42.7 Å². The molecular weight excluding hydrogens is 276 g/mol. The summed E-state index contributed by atoms with van der Waals surface area (Å²) in [6.07, 6.45) is 4.62. The van der Waals surface area contributed by atoms with Crippen LogP contribution in [0.4, 0.5) is 0 Å². The van der Waals surface area contributed by atoms with Gasteiger partial charge < -0.3 is 5.73 Å². The predicted molar refractivity (Wildman–Crippen MR) is 83.9 cm³/mol. The van der Waals surface area contributed by atoms with Crippen molar-refractivity contribution in [1.29, 1.82) is 0 Å². The van der Waals surface area contributed by atoms with E-state index in [0.29, 0.717) is 0 Å². The minimum Gasteiger partial charge on any atom is -0.319 e. The van der Waals surface area contributed by atoms with Crippen molar-refractivity contribution in [2.45, 2.75) is 38.1 Å². The lowest BCUT2D eigenvalue weighted by Gasteiger charge is -2.19. The molecule has 0 radical (unpaired) electrons. The van der Waals surface area contributed by atoms with Crippen LogP contribution in [0.1, 0.15) is 36.3 Å². The summed E-state index contributed by atoms with van der Waals surface area (Å²) in [7, 11) is 0. The molecule has 2 aromatic rings. The van der Waals surface area contributed by atoms with Crippen LogP contribution in [0.15, 0.2) is 29.6 Å². The van der Waals surface area contributed by atoms with Gasteiger partial charge in [0.05, 0.1) is 11.2 Å². The van der Waals surface area contributed by atoms with E-state index in [4.69, 9.17) is 10.7 Å². The molecule has 4 heteroatoms. The average molecular weight is 295 g/mol. The van der Waals surface area contributed by atoms with Gasteiger partial charge in [-0.15, -0.1) is 23.7 Å². The summed E-state index contributed by atoms with van der Waals surface area (Å²) in [4.78, 5) is 4.76. The number of rotatable bonds is 2. The van der Waals surface area contributed by atoms with Gasteiger partial charge in [-0.2, -0.15) is 0 Å². The molecule has 2 nitrogen and oxygen atoms in total. The van der Waals surface area contributed by atoms with Crippen molar-refractivity contribution in [3.8, 4) is 11.3 Å². The Bertz CT molecular complexity index is 542. The molecule has 1 aliphatic carbocycles. The summed E-state index contributed by atoms with van der Waals surface area (Å²) >= 11 is 1.71. The van der Waals surface area contributed by atoms with Crippen LogP contribution in [-0.2, 0) is 5.54 Å². The van der Waals surface area contributed by atoms with E-state index in [1.807, 2.05) is 0 Å². The minimum atomic E-state index is -0.159. The molecule has 0 saturated heterocycles. The van der Waals surface area contributed by atoms with Crippen molar-refractivity contribution in [3.05, 3.63) is 40.2 Å². The summed E-state index contributed by atoms with van der Waals surface area (Å²) in [5, 5.41) is 3.24. The third kappa shape index (κ3) is 2.83. The lowest BCUT2D eigenvalue weighted by Crippen LogP contribution is -2.32. The molecule has 1 aliphatic rings. The first-order chi connectivity index (χ1) is 8.67. The zero-order chi connectivity index (χ0) is 12.6. The van der Waals surface area contributed by atoms with E-state index in [2.05, 4.69) is 36.6 Å². The molecular formula is C15H19ClN2S. The number of thiazole rings is 1. The molecule has 1 aromatic carbocycles. The van der Waals surface area contributed by atoms with Crippen molar-refractivity contribution in [3.63, 3.8) is 0 Å². The van der Waals surface area contributed by atoms with E-state index < -0.39 is 0 Å². The van der Waals surface area contributed by atoms with Gasteiger partial charge in [0, 0.05) is 10.9 Å². The lowest BCUT2D eigenvalue weighted by atomic mass is 10.0. The fourth-order valence-corrected chi connectivity index (χ4v) is 3.58. The molecule has 2 N–H and O–H groups in total. The van der Waals surface area contributed by atoms with Gasteiger partial charge in [0.1, 0.15) is 5.01 Å². The van der Waals surface area contributed by atoms with E-state index in [-0.39, 0.29) is 17.9 Å². The third-order valence-corrected chi connectivity index (χ3v) is 4.84. The Morgan fingerprint density at radius 3 is 2.42 bits per heavy atom. The highest BCUT2D eigenvalue weighted by Crippen LogP contribution is 2.38. The summed E-state index contributed by atoms with van der Waals surface area (Å²) in [6, 6.07) is 8.52. The first kappa shape index (κ1) is 14.5. The van der Waals surface area contributed by atoms with Crippen LogP contribution in [0.5, 0.6) is 0 Å². The molecule has 1 heterocycles. The average Bonchev–Trinajstić information content (AvgIpc) is 2.99. The Hall–Kier alpha value is -0.900. The first-order valence-electron chi connectivity index (χ1n) is 6.49. The van der Waals surface area contributed by atoms with Crippen molar-refractivity contribution < 1.29 is 0 Å². The molecule has 0 aliphatic heterocycles. The van der Waals surface area contributed by atoms with Crippen molar-refractivity contribution in [1.82, 2.24) is 4.98 Å². The van der Waals surface area contributed by atoms with Crippen LogP contribution in [0, 0.1) is 6.92 Å². The lowest BCUT2D eigenvalue weighted by molar-refractivity contribution is 0.459. The SMILES string of the molecule is Cc1ccc(-c2csc(C3(N)CCCC3)n2)cc1.Cl. The highest BCUT2D eigenvalue weighted by Gasteiger charge is 2.34. The first-order valence-corrected chi connectivity index (χ1v) is 7.37. The van der Waals surface area contributed by atoms with Crippen LogP contribution < -0.4 is 5.73 Å². The van der Waals surface area contributed by atoms with E-state index in [0.717, 1.165) is 23.5 Å². The number of nitrogens with zero attached hydrogens (tertiary/aromatic N) is 1. The summed E-state index contributed by atoms with van der Waals surface area (Å²) < 4.78 is 0.